The molecule has 3 rings (SSSR count). The Morgan fingerprint density at radius 1 is 0.529 bits per heavy atom. The molecule has 0 saturated heterocycles. The highest BCUT2D eigenvalue weighted by Crippen LogP contribution is 2.40. The van der Waals surface area contributed by atoms with Crippen LogP contribution in [0, 0.1) is 6.07 Å². The van der Waals surface area contributed by atoms with Gasteiger partial charge in [0.1, 0.15) is 0 Å². The van der Waals surface area contributed by atoms with Crippen LogP contribution < -0.4 is 5.19 Å². The summed E-state index contributed by atoms with van der Waals surface area (Å²) >= 11 is 0. The third kappa shape index (κ3) is 5.41. The van der Waals surface area contributed by atoms with Crippen LogP contribution in [0.15, 0.2) is 48.5 Å². The first-order valence-corrected chi connectivity index (χ1v) is 16.7. The predicted molar refractivity (Wildman–Crippen MR) is 155 cm³/mol. The van der Waals surface area contributed by atoms with Crippen molar-refractivity contribution in [2.75, 3.05) is 0 Å². The number of hydrogen-bond acceptors (Lipinski definition) is 0. The summed E-state index contributed by atoms with van der Waals surface area (Å²) < 4.78 is 0. The molecule has 0 aliphatic carbocycles. The quantitative estimate of drug-likeness (QED) is 0.238. The zero-order valence-electron chi connectivity index (χ0n) is 23.4. The molecule has 0 bridgehead atoms. The zero-order chi connectivity index (χ0) is 25.4. The standard InChI is InChI=1S/C33H45Si/c1-21(2)28-14-12-15-29(22(3)4)32(28)25-18-26(20-27(19-25)34(9,10)11)33-30(23(5)6)16-13-17-31(33)24(7)8/h12-17,19-24H,1-11H3/q-1. The van der Waals surface area contributed by atoms with Crippen molar-refractivity contribution >= 4 is 13.3 Å². The number of hydrogen-bond donors (Lipinski definition) is 0. The van der Waals surface area contributed by atoms with Crippen LogP contribution >= 0.6 is 0 Å². The lowest BCUT2D eigenvalue weighted by Crippen LogP contribution is -2.37. The van der Waals surface area contributed by atoms with Gasteiger partial charge in [-0.15, -0.1) is 34.5 Å². The van der Waals surface area contributed by atoms with Crippen molar-refractivity contribution in [1.29, 1.82) is 0 Å². The average molecular weight is 470 g/mol. The smallest absolute Gasteiger partial charge is 0.0606 e. The van der Waals surface area contributed by atoms with Gasteiger partial charge in [0, 0.05) is 0 Å². The highest BCUT2D eigenvalue weighted by molar-refractivity contribution is 6.88. The Kier molecular flexibility index (Phi) is 7.98. The Balaban J connectivity index is 2.47. The first-order chi connectivity index (χ1) is 15.8. The van der Waals surface area contributed by atoms with E-state index in [-0.39, 0.29) is 0 Å². The maximum absolute atomic E-state index is 3.99. The van der Waals surface area contributed by atoms with Crippen molar-refractivity contribution in [2.45, 2.75) is 98.7 Å². The molecule has 34 heavy (non-hydrogen) atoms. The Morgan fingerprint density at radius 3 is 1.06 bits per heavy atom. The maximum Gasteiger partial charge on any atom is 0.0606 e. The first-order valence-electron chi connectivity index (χ1n) is 13.2. The lowest BCUT2D eigenvalue weighted by Gasteiger charge is -2.31. The van der Waals surface area contributed by atoms with E-state index in [4.69, 9.17) is 0 Å². The molecule has 3 aromatic rings. The van der Waals surface area contributed by atoms with E-state index < -0.39 is 8.07 Å². The minimum absolute atomic E-state index is 0.468. The lowest BCUT2D eigenvalue weighted by atomic mass is 9.82. The Labute approximate surface area is 210 Å². The Bertz CT molecular complexity index is 1010. The summed E-state index contributed by atoms with van der Waals surface area (Å²) in [5.74, 6) is 1.87. The topological polar surface area (TPSA) is 0 Å². The van der Waals surface area contributed by atoms with Gasteiger partial charge in [-0.25, -0.2) is 0 Å². The van der Waals surface area contributed by atoms with Crippen LogP contribution in [0.1, 0.15) is 101 Å². The fourth-order valence-corrected chi connectivity index (χ4v) is 6.15. The van der Waals surface area contributed by atoms with E-state index in [9.17, 15) is 0 Å². The van der Waals surface area contributed by atoms with Crippen molar-refractivity contribution in [2.24, 2.45) is 0 Å². The van der Waals surface area contributed by atoms with Crippen LogP contribution in [0.3, 0.4) is 0 Å². The van der Waals surface area contributed by atoms with Crippen LogP contribution in [-0.2, 0) is 0 Å². The van der Waals surface area contributed by atoms with Gasteiger partial charge >= 0.3 is 0 Å². The molecule has 0 spiro atoms. The van der Waals surface area contributed by atoms with E-state index in [1.807, 2.05) is 0 Å². The molecular formula is C33H45Si-. The summed E-state index contributed by atoms with van der Waals surface area (Å²) in [6, 6.07) is 22.7. The molecule has 0 aromatic heterocycles. The second-order valence-electron chi connectivity index (χ2n) is 12.2. The van der Waals surface area contributed by atoms with E-state index >= 15 is 0 Å². The Morgan fingerprint density at radius 2 is 0.824 bits per heavy atom. The summed E-state index contributed by atoms with van der Waals surface area (Å²) in [4.78, 5) is 0. The minimum Gasteiger partial charge on any atom is -0.126 e. The fourth-order valence-electron chi connectivity index (χ4n) is 5.00. The normalized spacial score (nSPS) is 12.4. The number of rotatable bonds is 7. The van der Waals surface area contributed by atoms with Crippen molar-refractivity contribution in [1.82, 2.24) is 0 Å². The summed E-state index contributed by atoms with van der Waals surface area (Å²) in [5, 5.41) is 1.51. The number of benzene rings is 3. The molecule has 0 saturated carbocycles. The molecule has 0 aliphatic heterocycles. The highest BCUT2D eigenvalue weighted by Gasteiger charge is 2.19. The summed E-state index contributed by atoms with van der Waals surface area (Å²) in [6.07, 6.45) is 0. The molecule has 3 aromatic carbocycles. The first kappa shape index (κ1) is 26.5. The molecule has 0 unspecified atom stereocenters. The molecule has 0 N–H and O–H groups in total. The maximum atomic E-state index is 3.99. The monoisotopic (exact) mass is 469 g/mol. The molecule has 0 heterocycles. The van der Waals surface area contributed by atoms with Crippen LogP contribution in [0.5, 0.6) is 0 Å². The van der Waals surface area contributed by atoms with Gasteiger partial charge in [-0.2, -0.15) is 0 Å². The fraction of sp³-hybridized carbons (Fsp3) is 0.455. The van der Waals surface area contributed by atoms with E-state index in [1.54, 1.807) is 0 Å². The summed E-state index contributed by atoms with van der Waals surface area (Å²) in [6.45, 7) is 25.9. The largest absolute Gasteiger partial charge is 0.126 e. The second-order valence-corrected chi connectivity index (χ2v) is 17.3. The molecule has 1 heteroatoms. The molecule has 0 amide bonds. The molecule has 182 valence electrons. The minimum atomic E-state index is -1.56. The van der Waals surface area contributed by atoms with Gasteiger partial charge < -0.3 is 0 Å². The molecule has 0 nitrogen and oxygen atoms in total. The third-order valence-electron chi connectivity index (χ3n) is 7.02. The van der Waals surface area contributed by atoms with Gasteiger partial charge in [0.2, 0.25) is 0 Å². The SMILES string of the molecule is CC(C)c1cccc(C(C)C)c1-c1[c-]c(-c2c(C(C)C)cccc2C(C)C)cc([Si](C)(C)C)c1. The predicted octanol–water partition coefficient (Wildman–Crippen LogP) is 9.86. The van der Waals surface area contributed by atoms with E-state index in [1.165, 1.54) is 49.7 Å². The van der Waals surface area contributed by atoms with Crippen molar-refractivity contribution < 1.29 is 0 Å². The van der Waals surface area contributed by atoms with Crippen LogP contribution in [-0.4, -0.2) is 8.07 Å². The van der Waals surface area contributed by atoms with Crippen molar-refractivity contribution in [3.8, 4) is 22.3 Å². The highest BCUT2D eigenvalue weighted by atomic mass is 28.3. The molecular weight excluding hydrogens is 424 g/mol. The average Bonchev–Trinajstić information content (AvgIpc) is 2.76. The lowest BCUT2D eigenvalue weighted by molar-refractivity contribution is 0.837. The Hall–Kier alpha value is -2.12. The van der Waals surface area contributed by atoms with Crippen molar-refractivity contribution in [3.05, 3.63) is 76.9 Å². The van der Waals surface area contributed by atoms with Crippen molar-refractivity contribution in [3.63, 3.8) is 0 Å². The molecule has 0 aliphatic rings. The van der Waals surface area contributed by atoms with E-state index in [2.05, 4.69) is 130 Å². The van der Waals surface area contributed by atoms with Crippen LogP contribution in [0.4, 0.5) is 0 Å². The van der Waals surface area contributed by atoms with E-state index in [0.29, 0.717) is 23.7 Å². The van der Waals surface area contributed by atoms with Gasteiger partial charge in [-0.05, 0) is 23.7 Å². The summed E-state index contributed by atoms with van der Waals surface area (Å²) in [5.41, 5.74) is 11.1. The van der Waals surface area contributed by atoms with Crippen LogP contribution in [0.2, 0.25) is 19.6 Å². The third-order valence-corrected chi connectivity index (χ3v) is 9.04. The van der Waals surface area contributed by atoms with Gasteiger partial charge in [-0.1, -0.05) is 145 Å². The van der Waals surface area contributed by atoms with Gasteiger partial charge in [-0.3, -0.25) is 0 Å². The second kappa shape index (κ2) is 10.2. The zero-order valence-corrected chi connectivity index (χ0v) is 24.4. The van der Waals surface area contributed by atoms with Gasteiger partial charge in [0.25, 0.3) is 0 Å². The van der Waals surface area contributed by atoms with E-state index in [0.717, 1.165) is 0 Å². The van der Waals surface area contributed by atoms with Crippen LogP contribution in [0.25, 0.3) is 22.3 Å². The summed E-state index contributed by atoms with van der Waals surface area (Å²) in [7, 11) is -1.56. The molecule has 0 fully saturated rings. The molecule has 0 radical (unpaired) electrons. The molecule has 0 atom stereocenters. The van der Waals surface area contributed by atoms with Gasteiger partial charge in [0.05, 0.1) is 8.07 Å². The van der Waals surface area contributed by atoms with Gasteiger partial charge in [0.15, 0.2) is 0 Å².